The van der Waals surface area contributed by atoms with Crippen LogP contribution in [0, 0.1) is 0 Å². The molecule has 2 nitrogen and oxygen atoms in total. The van der Waals surface area contributed by atoms with Crippen LogP contribution in [0.3, 0.4) is 0 Å². The molecule has 0 amide bonds. The molecule has 1 aliphatic heterocycles. The summed E-state index contributed by atoms with van der Waals surface area (Å²) >= 11 is 0. The highest BCUT2D eigenvalue weighted by Gasteiger charge is 2.12. The molecule has 1 saturated heterocycles. The Morgan fingerprint density at radius 1 is 1.33 bits per heavy atom. The first-order chi connectivity index (χ1) is 8.83. The average molecular weight is 247 g/mol. The van der Waals surface area contributed by atoms with Crippen molar-refractivity contribution in [2.24, 2.45) is 0 Å². The number of piperidine rings is 1. The molecule has 2 heteroatoms. The molecule has 1 aromatic carbocycles. The Morgan fingerprint density at radius 3 is 2.89 bits per heavy atom. The van der Waals surface area contributed by atoms with E-state index in [2.05, 4.69) is 30.4 Å². The van der Waals surface area contributed by atoms with E-state index in [1.807, 2.05) is 0 Å². The molecule has 100 valence electrons. The molecule has 0 bridgehead atoms. The van der Waals surface area contributed by atoms with Gasteiger partial charge in [0.2, 0.25) is 0 Å². The Balaban J connectivity index is 1.92. The number of hydrogen-bond donors (Lipinski definition) is 1. The lowest BCUT2D eigenvalue weighted by Crippen LogP contribution is -2.34. The minimum Gasteiger partial charge on any atom is -0.496 e. The fourth-order valence-electron chi connectivity index (χ4n) is 2.78. The molecule has 1 aromatic rings. The van der Waals surface area contributed by atoms with Crippen molar-refractivity contribution in [3.05, 3.63) is 29.3 Å². The maximum absolute atomic E-state index is 5.37. The summed E-state index contributed by atoms with van der Waals surface area (Å²) in [5.41, 5.74) is 2.77. The van der Waals surface area contributed by atoms with Gasteiger partial charge in [0.25, 0.3) is 0 Å². The van der Waals surface area contributed by atoms with Gasteiger partial charge in [-0.2, -0.15) is 0 Å². The van der Waals surface area contributed by atoms with E-state index in [0.29, 0.717) is 0 Å². The zero-order chi connectivity index (χ0) is 12.8. The summed E-state index contributed by atoms with van der Waals surface area (Å²) in [6.07, 6.45) is 7.55. The second-order valence-electron chi connectivity index (χ2n) is 5.19. The summed E-state index contributed by atoms with van der Waals surface area (Å²) in [6, 6.07) is 7.36. The van der Waals surface area contributed by atoms with Gasteiger partial charge in [-0.1, -0.05) is 25.5 Å². The summed E-state index contributed by atoms with van der Waals surface area (Å²) in [7, 11) is 1.75. The quantitative estimate of drug-likeness (QED) is 0.861. The Bertz CT molecular complexity index is 369. The van der Waals surface area contributed by atoms with Crippen molar-refractivity contribution in [3.8, 4) is 5.75 Å². The molecule has 0 saturated carbocycles. The van der Waals surface area contributed by atoms with Crippen molar-refractivity contribution in [1.29, 1.82) is 0 Å². The van der Waals surface area contributed by atoms with Crippen LogP contribution >= 0.6 is 0 Å². The van der Waals surface area contributed by atoms with E-state index in [1.165, 1.54) is 49.8 Å². The van der Waals surface area contributed by atoms with E-state index < -0.39 is 0 Å². The molecular formula is C16H25NO. The van der Waals surface area contributed by atoms with Gasteiger partial charge in [0.05, 0.1) is 7.11 Å². The van der Waals surface area contributed by atoms with Crippen molar-refractivity contribution < 1.29 is 4.74 Å². The third-order valence-electron chi connectivity index (χ3n) is 3.92. The highest BCUT2D eigenvalue weighted by molar-refractivity contribution is 5.37. The van der Waals surface area contributed by atoms with Crippen LogP contribution in [0.1, 0.15) is 43.7 Å². The van der Waals surface area contributed by atoms with Crippen LogP contribution in [0.5, 0.6) is 5.75 Å². The molecule has 1 unspecified atom stereocenters. The first-order valence-corrected chi connectivity index (χ1v) is 7.22. The molecule has 0 aliphatic carbocycles. The molecule has 1 aliphatic rings. The Kier molecular flexibility index (Phi) is 5.06. The summed E-state index contributed by atoms with van der Waals surface area (Å²) in [5, 5.41) is 3.62. The van der Waals surface area contributed by atoms with Gasteiger partial charge in [0, 0.05) is 6.04 Å². The van der Waals surface area contributed by atoms with E-state index >= 15 is 0 Å². The van der Waals surface area contributed by atoms with Crippen molar-refractivity contribution >= 4 is 0 Å². The Hall–Kier alpha value is -1.02. The van der Waals surface area contributed by atoms with Crippen molar-refractivity contribution in [2.45, 2.75) is 51.5 Å². The molecule has 1 atom stereocenters. The molecule has 1 N–H and O–H groups in total. The SMILES string of the molecule is CCc1cc(CCC2CCCCN2)ccc1OC. The Morgan fingerprint density at radius 2 is 2.22 bits per heavy atom. The van der Waals surface area contributed by atoms with Gasteiger partial charge in [-0.3, -0.25) is 0 Å². The van der Waals surface area contributed by atoms with Crippen LogP contribution < -0.4 is 10.1 Å². The molecule has 18 heavy (non-hydrogen) atoms. The van der Waals surface area contributed by atoms with Crippen molar-refractivity contribution in [3.63, 3.8) is 0 Å². The van der Waals surface area contributed by atoms with E-state index in [-0.39, 0.29) is 0 Å². The van der Waals surface area contributed by atoms with Crippen LogP contribution in [-0.2, 0) is 12.8 Å². The molecule has 0 spiro atoms. The van der Waals surface area contributed by atoms with Crippen LogP contribution in [-0.4, -0.2) is 19.7 Å². The van der Waals surface area contributed by atoms with Crippen LogP contribution in [0.4, 0.5) is 0 Å². The number of ether oxygens (including phenoxy) is 1. The average Bonchev–Trinajstić information content (AvgIpc) is 2.45. The summed E-state index contributed by atoms with van der Waals surface area (Å²) in [5.74, 6) is 1.03. The first kappa shape index (κ1) is 13.4. The number of methoxy groups -OCH3 is 1. The van der Waals surface area contributed by atoms with Crippen LogP contribution in [0.2, 0.25) is 0 Å². The zero-order valence-electron chi connectivity index (χ0n) is 11.7. The van der Waals surface area contributed by atoms with Gasteiger partial charge >= 0.3 is 0 Å². The highest BCUT2D eigenvalue weighted by atomic mass is 16.5. The van der Waals surface area contributed by atoms with E-state index in [9.17, 15) is 0 Å². The first-order valence-electron chi connectivity index (χ1n) is 7.22. The topological polar surface area (TPSA) is 21.3 Å². The van der Waals surface area contributed by atoms with Crippen molar-refractivity contribution in [2.75, 3.05) is 13.7 Å². The summed E-state index contributed by atoms with van der Waals surface area (Å²) in [4.78, 5) is 0. The fourth-order valence-corrected chi connectivity index (χ4v) is 2.78. The largest absolute Gasteiger partial charge is 0.496 e. The molecule has 1 fully saturated rings. The second-order valence-corrected chi connectivity index (χ2v) is 5.19. The number of benzene rings is 1. The smallest absolute Gasteiger partial charge is 0.122 e. The summed E-state index contributed by atoms with van der Waals surface area (Å²) in [6.45, 7) is 3.39. The molecule has 1 heterocycles. The third-order valence-corrected chi connectivity index (χ3v) is 3.92. The van der Waals surface area contributed by atoms with E-state index in [1.54, 1.807) is 7.11 Å². The monoisotopic (exact) mass is 247 g/mol. The maximum Gasteiger partial charge on any atom is 0.122 e. The van der Waals surface area contributed by atoms with Gasteiger partial charge in [-0.05, 0) is 55.8 Å². The molecule has 0 aromatic heterocycles. The minimum absolute atomic E-state index is 0.728. The number of hydrogen-bond acceptors (Lipinski definition) is 2. The predicted molar refractivity (Wildman–Crippen MR) is 76.3 cm³/mol. The van der Waals surface area contributed by atoms with Crippen LogP contribution in [0.25, 0.3) is 0 Å². The van der Waals surface area contributed by atoms with Gasteiger partial charge < -0.3 is 10.1 Å². The fraction of sp³-hybridized carbons (Fsp3) is 0.625. The van der Waals surface area contributed by atoms with Gasteiger partial charge in [0.1, 0.15) is 5.75 Å². The van der Waals surface area contributed by atoms with E-state index in [0.717, 1.165) is 18.2 Å². The maximum atomic E-state index is 5.37. The lowest BCUT2D eigenvalue weighted by molar-refractivity contribution is 0.382. The highest BCUT2D eigenvalue weighted by Crippen LogP contribution is 2.22. The molecule has 2 rings (SSSR count). The van der Waals surface area contributed by atoms with Crippen molar-refractivity contribution in [1.82, 2.24) is 5.32 Å². The number of nitrogens with one attached hydrogen (secondary N) is 1. The van der Waals surface area contributed by atoms with E-state index in [4.69, 9.17) is 4.74 Å². The Labute approximate surface area is 111 Å². The third kappa shape index (κ3) is 3.49. The van der Waals surface area contributed by atoms with Crippen LogP contribution in [0.15, 0.2) is 18.2 Å². The summed E-state index contributed by atoms with van der Waals surface area (Å²) < 4.78 is 5.37. The van der Waals surface area contributed by atoms with Gasteiger partial charge in [-0.25, -0.2) is 0 Å². The number of rotatable bonds is 5. The van der Waals surface area contributed by atoms with Gasteiger partial charge in [0.15, 0.2) is 0 Å². The normalized spacial score (nSPS) is 19.8. The lowest BCUT2D eigenvalue weighted by Gasteiger charge is -2.23. The zero-order valence-corrected chi connectivity index (χ0v) is 11.7. The number of aryl methyl sites for hydroxylation is 2. The second kappa shape index (κ2) is 6.79. The molecular weight excluding hydrogens is 222 g/mol. The predicted octanol–water partition coefficient (Wildman–Crippen LogP) is 3.33. The minimum atomic E-state index is 0.728. The molecule has 0 radical (unpaired) electrons. The van der Waals surface area contributed by atoms with Gasteiger partial charge in [-0.15, -0.1) is 0 Å². The lowest BCUT2D eigenvalue weighted by atomic mass is 9.97. The standard InChI is InChI=1S/C16H25NO/c1-3-14-12-13(8-10-16(14)18-2)7-9-15-6-4-5-11-17-15/h8,10,12,15,17H,3-7,9,11H2,1-2H3.